The van der Waals surface area contributed by atoms with Crippen molar-refractivity contribution in [2.24, 2.45) is 0 Å². The first-order valence-electron chi connectivity index (χ1n) is 9.98. The number of esters is 3. The fourth-order valence-electron chi connectivity index (χ4n) is 3.28. The number of benzene rings is 2. The quantitative estimate of drug-likeness (QED) is 0.170. The number of carbonyl (C=O) groups excluding carboxylic acids is 3. The summed E-state index contributed by atoms with van der Waals surface area (Å²) in [5.74, 6) is -3.02. The Kier molecular flexibility index (Phi) is 6.71. The lowest BCUT2D eigenvalue weighted by atomic mass is 9.96. The van der Waals surface area contributed by atoms with E-state index in [1.165, 1.54) is 26.8 Å². The van der Waals surface area contributed by atoms with E-state index in [1.807, 2.05) is 0 Å². The maximum absolute atomic E-state index is 13.2. The highest BCUT2D eigenvalue weighted by Crippen LogP contribution is 2.30. The topological polar surface area (TPSA) is 152 Å². The Bertz CT molecular complexity index is 1360. The largest absolute Gasteiger partial charge is 0.462 e. The van der Waals surface area contributed by atoms with Gasteiger partial charge in [0.15, 0.2) is 5.58 Å². The van der Waals surface area contributed by atoms with Crippen LogP contribution < -0.4 is 5.43 Å². The minimum atomic E-state index is -1.03. The van der Waals surface area contributed by atoms with Crippen molar-refractivity contribution < 1.29 is 37.9 Å². The van der Waals surface area contributed by atoms with Gasteiger partial charge in [0, 0.05) is 12.1 Å². The monoisotopic (exact) mass is 457 g/mol. The molecule has 0 spiro atoms. The number of ether oxygens (including phenoxy) is 3. The summed E-state index contributed by atoms with van der Waals surface area (Å²) in [6.45, 7) is 4.42. The summed E-state index contributed by atoms with van der Waals surface area (Å²) in [5.41, 5.74) is -2.84. The Morgan fingerprint density at radius 3 is 2.03 bits per heavy atom. The van der Waals surface area contributed by atoms with E-state index in [4.69, 9.17) is 18.6 Å². The number of hydrogen-bond donors (Lipinski definition) is 0. The van der Waals surface area contributed by atoms with Gasteiger partial charge in [-0.05, 0) is 32.9 Å². The van der Waals surface area contributed by atoms with Gasteiger partial charge in [-0.3, -0.25) is 14.9 Å². The Hall–Kier alpha value is -4.28. The van der Waals surface area contributed by atoms with Crippen LogP contribution in [-0.2, 0) is 14.2 Å². The van der Waals surface area contributed by atoms with Crippen molar-refractivity contribution in [1.29, 1.82) is 0 Å². The molecule has 0 atom stereocenters. The number of nitrogens with zero attached hydrogens (tertiary/aromatic N) is 1. The van der Waals surface area contributed by atoms with Gasteiger partial charge < -0.3 is 18.6 Å². The molecule has 0 saturated carbocycles. The summed E-state index contributed by atoms with van der Waals surface area (Å²) in [5, 5.41) is 10.7. The molecular weight excluding hydrogens is 438 g/mol. The maximum Gasteiger partial charge on any atom is 0.342 e. The second kappa shape index (κ2) is 9.47. The molecule has 0 radical (unpaired) electrons. The second-order valence-electron chi connectivity index (χ2n) is 6.58. The van der Waals surface area contributed by atoms with E-state index >= 15 is 0 Å². The Morgan fingerprint density at radius 1 is 0.879 bits per heavy atom. The summed E-state index contributed by atoms with van der Waals surface area (Å²) in [7, 11) is 0. The first-order valence-corrected chi connectivity index (χ1v) is 9.98. The van der Waals surface area contributed by atoms with Crippen LogP contribution in [0.3, 0.4) is 0 Å². The molecule has 172 valence electrons. The fraction of sp³-hybridized carbons (Fsp3) is 0.273. The molecule has 0 fully saturated rings. The van der Waals surface area contributed by atoms with Gasteiger partial charge in [-0.2, -0.15) is 0 Å². The molecule has 0 bridgehead atoms. The Balaban J connectivity index is 2.54. The van der Waals surface area contributed by atoms with Crippen LogP contribution in [0, 0.1) is 10.1 Å². The third-order valence-electron chi connectivity index (χ3n) is 4.61. The molecule has 0 aliphatic carbocycles. The van der Waals surface area contributed by atoms with Gasteiger partial charge in [0.1, 0.15) is 11.1 Å². The van der Waals surface area contributed by atoms with Gasteiger partial charge in [-0.25, -0.2) is 14.4 Å². The van der Waals surface area contributed by atoms with Crippen molar-refractivity contribution in [1.82, 2.24) is 0 Å². The molecule has 0 saturated heterocycles. The van der Waals surface area contributed by atoms with E-state index in [2.05, 4.69) is 0 Å². The van der Waals surface area contributed by atoms with E-state index < -0.39 is 45.0 Å². The fourth-order valence-corrected chi connectivity index (χ4v) is 3.28. The average molecular weight is 457 g/mol. The summed E-state index contributed by atoms with van der Waals surface area (Å²) in [4.78, 5) is 62.0. The molecule has 33 heavy (non-hydrogen) atoms. The van der Waals surface area contributed by atoms with E-state index in [0.717, 1.165) is 18.2 Å². The summed E-state index contributed by atoms with van der Waals surface area (Å²) in [6, 6.07) is 4.40. The van der Waals surface area contributed by atoms with Crippen LogP contribution in [0.15, 0.2) is 33.5 Å². The molecule has 1 heterocycles. The predicted molar refractivity (Wildman–Crippen MR) is 115 cm³/mol. The third kappa shape index (κ3) is 4.25. The number of nitro groups is 1. The minimum absolute atomic E-state index is 0.0492. The summed E-state index contributed by atoms with van der Waals surface area (Å²) < 4.78 is 20.8. The Morgan fingerprint density at radius 2 is 1.45 bits per heavy atom. The van der Waals surface area contributed by atoms with E-state index in [1.54, 1.807) is 0 Å². The molecule has 3 aromatic rings. The smallest absolute Gasteiger partial charge is 0.342 e. The van der Waals surface area contributed by atoms with Gasteiger partial charge >= 0.3 is 17.9 Å². The lowest BCUT2D eigenvalue weighted by Gasteiger charge is -2.15. The Labute approximate surface area is 186 Å². The lowest BCUT2D eigenvalue weighted by Crippen LogP contribution is -2.21. The SMILES string of the molecule is CCOC(=O)c1cc2c(=O)c3cc([N+](=O)[O-])ccc3oc2c(C(=O)OCC)c1C(=O)OCC. The molecule has 0 aliphatic rings. The zero-order valence-electron chi connectivity index (χ0n) is 18.0. The minimum Gasteiger partial charge on any atom is -0.462 e. The molecule has 11 heteroatoms. The average Bonchev–Trinajstić information content (AvgIpc) is 2.78. The number of rotatable bonds is 7. The number of non-ortho nitro benzene ring substituents is 1. The van der Waals surface area contributed by atoms with Crippen molar-refractivity contribution in [3.05, 3.63) is 61.3 Å². The molecular formula is C22H19NO10. The normalized spacial score (nSPS) is 10.8. The number of fused-ring (bicyclic) bond motifs is 2. The van der Waals surface area contributed by atoms with Crippen LogP contribution in [0.2, 0.25) is 0 Å². The van der Waals surface area contributed by atoms with Crippen molar-refractivity contribution in [3.63, 3.8) is 0 Å². The molecule has 0 N–H and O–H groups in total. The van der Waals surface area contributed by atoms with E-state index in [0.29, 0.717) is 0 Å². The van der Waals surface area contributed by atoms with Crippen molar-refractivity contribution in [2.45, 2.75) is 20.8 Å². The highest BCUT2D eigenvalue weighted by Gasteiger charge is 2.32. The van der Waals surface area contributed by atoms with E-state index in [-0.39, 0.29) is 47.4 Å². The molecule has 0 unspecified atom stereocenters. The first-order chi connectivity index (χ1) is 15.7. The highest BCUT2D eigenvalue weighted by atomic mass is 16.6. The van der Waals surface area contributed by atoms with Crippen LogP contribution in [0.25, 0.3) is 21.9 Å². The van der Waals surface area contributed by atoms with Crippen LogP contribution in [0.4, 0.5) is 5.69 Å². The lowest BCUT2D eigenvalue weighted by molar-refractivity contribution is -0.384. The summed E-state index contributed by atoms with van der Waals surface area (Å²) >= 11 is 0. The molecule has 2 aromatic carbocycles. The number of carbonyl (C=O) groups is 3. The van der Waals surface area contributed by atoms with Crippen LogP contribution in [0.1, 0.15) is 51.8 Å². The van der Waals surface area contributed by atoms with Gasteiger partial charge in [-0.1, -0.05) is 0 Å². The standard InChI is InChI=1S/C22H19NO10/c1-4-30-20(25)13-10-14-18(24)12-9-11(23(28)29)7-8-15(12)33-19(14)17(22(27)32-6-3)16(13)21(26)31-5-2/h7-10H,4-6H2,1-3H3. The van der Waals surface area contributed by atoms with Crippen LogP contribution >= 0.6 is 0 Å². The number of nitro benzene ring substituents is 1. The van der Waals surface area contributed by atoms with Gasteiger partial charge in [0.05, 0.1) is 46.6 Å². The highest BCUT2D eigenvalue weighted by molar-refractivity contribution is 6.17. The van der Waals surface area contributed by atoms with E-state index in [9.17, 15) is 29.3 Å². The van der Waals surface area contributed by atoms with Crippen molar-refractivity contribution >= 4 is 45.5 Å². The van der Waals surface area contributed by atoms with Gasteiger partial charge in [0.25, 0.3) is 5.69 Å². The summed E-state index contributed by atoms with van der Waals surface area (Å²) in [6.07, 6.45) is 0. The van der Waals surface area contributed by atoms with Gasteiger partial charge in [0.2, 0.25) is 5.43 Å². The maximum atomic E-state index is 13.2. The molecule has 11 nitrogen and oxygen atoms in total. The first kappa shape index (κ1) is 23.4. The zero-order chi connectivity index (χ0) is 24.3. The number of hydrogen-bond acceptors (Lipinski definition) is 10. The van der Waals surface area contributed by atoms with Gasteiger partial charge in [-0.15, -0.1) is 0 Å². The molecule has 1 aromatic heterocycles. The van der Waals surface area contributed by atoms with Crippen molar-refractivity contribution in [2.75, 3.05) is 19.8 Å². The zero-order valence-corrected chi connectivity index (χ0v) is 18.0. The van der Waals surface area contributed by atoms with Crippen LogP contribution in [-0.4, -0.2) is 42.7 Å². The molecule has 0 aliphatic heterocycles. The molecule has 0 amide bonds. The molecule has 3 rings (SSSR count). The second-order valence-corrected chi connectivity index (χ2v) is 6.58. The van der Waals surface area contributed by atoms with Crippen molar-refractivity contribution in [3.8, 4) is 0 Å². The van der Waals surface area contributed by atoms with Crippen LogP contribution in [0.5, 0.6) is 0 Å². The third-order valence-corrected chi connectivity index (χ3v) is 4.61. The predicted octanol–water partition coefficient (Wildman–Crippen LogP) is 3.38.